The summed E-state index contributed by atoms with van der Waals surface area (Å²) in [6.45, 7) is 1.45. The number of rotatable bonds is 4. The number of aromatic carboxylic acids is 1. The second-order valence-electron chi connectivity index (χ2n) is 4.80. The van der Waals surface area contributed by atoms with Crippen molar-refractivity contribution in [2.24, 2.45) is 0 Å². The van der Waals surface area contributed by atoms with Crippen LogP contribution in [0.1, 0.15) is 15.9 Å². The van der Waals surface area contributed by atoms with Gasteiger partial charge in [-0.1, -0.05) is 12.1 Å². The highest BCUT2D eigenvalue weighted by Gasteiger charge is 2.24. The van der Waals surface area contributed by atoms with Gasteiger partial charge in [-0.3, -0.25) is 9.11 Å². The normalized spacial score (nSPS) is 12.1. The van der Waals surface area contributed by atoms with Crippen molar-refractivity contribution >= 4 is 26.2 Å². The first-order valence-corrected chi connectivity index (χ1v) is 9.15. The van der Waals surface area contributed by atoms with Gasteiger partial charge in [0, 0.05) is 5.56 Å². The largest absolute Gasteiger partial charge is 0.478 e. The zero-order valence-electron chi connectivity index (χ0n) is 12.1. The van der Waals surface area contributed by atoms with Crippen molar-refractivity contribution in [3.8, 4) is 11.1 Å². The Morgan fingerprint density at radius 2 is 1.67 bits per heavy atom. The quantitative estimate of drug-likeness (QED) is 0.688. The van der Waals surface area contributed by atoms with Crippen molar-refractivity contribution in [2.75, 3.05) is 0 Å². The van der Waals surface area contributed by atoms with Crippen LogP contribution in [0.15, 0.2) is 40.1 Å². The fraction of sp³-hybridized carbons (Fsp3) is 0.0714. The lowest BCUT2D eigenvalue weighted by Crippen LogP contribution is -2.08. The van der Waals surface area contributed by atoms with Crippen LogP contribution in [0, 0.1) is 13.0 Å². The van der Waals surface area contributed by atoms with Gasteiger partial charge >= 0.3 is 5.97 Å². The van der Waals surface area contributed by atoms with Crippen LogP contribution in [0.2, 0.25) is 0 Å². The van der Waals surface area contributed by atoms with E-state index in [1.54, 1.807) is 0 Å². The standard InChI is InChI=1S/C14H11O8S2/c1-8-3-2-4-12(24(20,21)22)13(8)10-6-5-9(23(17,18)19)7-11(10)14(15)16/h2,4-7H,1H3,(H,15,16)(H,17,18,19)(H,20,21,22). The third-order valence-corrected chi connectivity index (χ3v) is 4.97. The fourth-order valence-corrected chi connectivity index (χ4v) is 3.48. The van der Waals surface area contributed by atoms with E-state index in [4.69, 9.17) is 4.55 Å². The molecular formula is C14H11O8S2. The van der Waals surface area contributed by atoms with E-state index in [0.29, 0.717) is 6.07 Å². The Morgan fingerprint density at radius 1 is 1.04 bits per heavy atom. The van der Waals surface area contributed by atoms with Crippen molar-refractivity contribution in [3.05, 3.63) is 47.5 Å². The van der Waals surface area contributed by atoms with E-state index < -0.39 is 41.6 Å². The number of carboxylic acid groups (broad SMARTS) is 1. The molecule has 2 aromatic rings. The van der Waals surface area contributed by atoms with Gasteiger partial charge in [0.2, 0.25) is 0 Å². The lowest BCUT2D eigenvalue weighted by atomic mass is 9.96. The first-order chi connectivity index (χ1) is 10.9. The number of carbonyl (C=O) groups is 1. The molecule has 1 radical (unpaired) electrons. The molecule has 0 bridgehead atoms. The molecule has 0 amide bonds. The van der Waals surface area contributed by atoms with Crippen LogP contribution < -0.4 is 0 Å². The number of aryl methyl sites for hydroxylation is 1. The van der Waals surface area contributed by atoms with Crippen molar-refractivity contribution in [1.82, 2.24) is 0 Å². The average molecular weight is 371 g/mol. The van der Waals surface area contributed by atoms with E-state index in [9.17, 15) is 31.3 Å². The molecule has 0 saturated carbocycles. The molecular weight excluding hydrogens is 360 g/mol. The Labute approximate surface area is 137 Å². The molecule has 2 rings (SSSR count). The molecule has 10 heteroatoms. The minimum Gasteiger partial charge on any atom is -0.478 e. The zero-order valence-corrected chi connectivity index (χ0v) is 13.7. The third-order valence-electron chi connectivity index (χ3n) is 3.22. The van der Waals surface area contributed by atoms with Crippen LogP contribution in [0.3, 0.4) is 0 Å². The minimum atomic E-state index is -4.67. The summed E-state index contributed by atoms with van der Waals surface area (Å²) in [6, 6.07) is 7.64. The van der Waals surface area contributed by atoms with Gasteiger partial charge in [-0.25, -0.2) is 4.79 Å². The van der Waals surface area contributed by atoms with Gasteiger partial charge in [0.15, 0.2) is 0 Å². The summed E-state index contributed by atoms with van der Waals surface area (Å²) in [5, 5.41) is 9.30. The Kier molecular flexibility index (Phi) is 4.50. The molecule has 0 atom stereocenters. The van der Waals surface area contributed by atoms with E-state index in [2.05, 4.69) is 6.07 Å². The van der Waals surface area contributed by atoms with Gasteiger partial charge in [0.25, 0.3) is 20.2 Å². The number of hydrogen-bond donors (Lipinski definition) is 3. The van der Waals surface area contributed by atoms with Crippen LogP contribution >= 0.6 is 0 Å². The molecule has 0 aliphatic rings. The number of carboxylic acids is 1. The van der Waals surface area contributed by atoms with Gasteiger partial charge in [0.05, 0.1) is 10.5 Å². The summed E-state index contributed by atoms with van der Waals surface area (Å²) in [5.74, 6) is -1.54. The van der Waals surface area contributed by atoms with Crippen LogP contribution in [0.4, 0.5) is 0 Å². The summed E-state index contributed by atoms with van der Waals surface area (Å²) < 4.78 is 63.8. The molecule has 0 unspecified atom stereocenters. The Morgan fingerprint density at radius 3 is 2.17 bits per heavy atom. The molecule has 0 aliphatic heterocycles. The highest BCUT2D eigenvalue weighted by atomic mass is 32.2. The zero-order chi connectivity index (χ0) is 18.3. The first kappa shape index (κ1) is 18.1. The molecule has 3 N–H and O–H groups in total. The second-order valence-corrected chi connectivity index (χ2v) is 7.62. The number of hydrogen-bond acceptors (Lipinski definition) is 5. The SMILES string of the molecule is Cc1[c]ccc(S(=O)(=O)O)c1-c1ccc(S(=O)(=O)O)cc1C(=O)O. The van der Waals surface area contributed by atoms with Gasteiger partial charge in [-0.05, 0) is 42.3 Å². The second kappa shape index (κ2) is 5.98. The van der Waals surface area contributed by atoms with Crippen LogP contribution in [0.5, 0.6) is 0 Å². The topological polar surface area (TPSA) is 146 Å². The lowest BCUT2D eigenvalue weighted by molar-refractivity contribution is 0.0697. The monoisotopic (exact) mass is 371 g/mol. The van der Waals surface area contributed by atoms with E-state index in [-0.39, 0.29) is 16.7 Å². The molecule has 8 nitrogen and oxygen atoms in total. The Hall–Kier alpha value is -2.27. The summed E-state index contributed by atoms with van der Waals surface area (Å²) >= 11 is 0. The summed E-state index contributed by atoms with van der Waals surface area (Å²) in [5.41, 5.74) is -0.596. The van der Waals surface area contributed by atoms with E-state index in [1.807, 2.05) is 0 Å². The van der Waals surface area contributed by atoms with Crippen LogP contribution in [-0.4, -0.2) is 37.0 Å². The maximum absolute atomic E-state index is 11.5. The van der Waals surface area contributed by atoms with Crippen LogP contribution in [0.25, 0.3) is 11.1 Å². The molecule has 0 aliphatic carbocycles. The molecule has 0 saturated heterocycles. The molecule has 0 heterocycles. The maximum Gasteiger partial charge on any atom is 0.336 e. The highest BCUT2D eigenvalue weighted by Crippen LogP contribution is 2.34. The van der Waals surface area contributed by atoms with Gasteiger partial charge in [0.1, 0.15) is 4.90 Å². The Bertz CT molecular complexity index is 1040. The minimum absolute atomic E-state index is 0.126. The molecule has 0 aromatic heterocycles. The smallest absolute Gasteiger partial charge is 0.336 e. The van der Waals surface area contributed by atoms with Crippen molar-refractivity contribution in [1.29, 1.82) is 0 Å². The molecule has 127 valence electrons. The highest BCUT2D eigenvalue weighted by molar-refractivity contribution is 7.86. The lowest BCUT2D eigenvalue weighted by Gasteiger charge is -2.13. The van der Waals surface area contributed by atoms with Crippen molar-refractivity contribution < 1.29 is 35.8 Å². The summed E-state index contributed by atoms with van der Waals surface area (Å²) in [4.78, 5) is 10.2. The van der Waals surface area contributed by atoms with Crippen molar-refractivity contribution in [3.63, 3.8) is 0 Å². The predicted molar refractivity (Wildman–Crippen MR) is 82.0 cm³/mol. The summed E-state index contributed by atoms with van der Waals surface area (Å²) in [6.07, 6.45) is 0. The average Bonchev–Trinajstić information content (AvgIpc) is 2.44. The predicted octanol–water partition coefficient (Wildman–Crippen LogP) is 1.65. The van der Waals surface area contributed by atoms with E-state index in [1.165, 1.54) is 13.0 Å². The number of benzene rings is 2. The van der Waals surface area contributed by atoms with Gasteiger partial charge in [-0.15, -0.1) is 0 Å². The fourth-order valence-electron chi connectivity index (χ4n) is 2.21. The Balaban J connectivity index is 2.92. The third kappa shape index (κ3) is 3.46. The molecule has 0 fully saturated rings. The van der Waals surface area contributed by atoms with Gasteiger partial charge < -0.3 is 5.11 Å². The molecule has 2 aromatic carbocycles. The first-order valence-electron chi connectivity index (χ1n) is 6.27. The molecule has 0 spiro atoms. The van der Waals surface area contributed by atoms with Crippen LogP contribution in [-0.2, 0) is 20.2 Å². The van der Waals surface area contributed by atoms with E-state index in [0.717, 1.165) is 18.2 Å². The summed E-state index contributed by atoms with van der Waals surface area (Å²) in [7, 11) is -9.31. The van der Waals surface area contributed by atoms with E-state index >= 15 is 0 Å². The van der Waals surface area contributed by atoms with Crippen molar-refractivity contribution in [2.45, 2.75) is 16.7 Å². The molecule has 24 heavy (non-hydrogen) atoms. The van der Waals surface area contributed by atoms with Gasteiger partial charge in [-0.2, -0.15) is 16.8 Å². The maximum atomic E-state index is 11.5.